The molecule has 8 nitrogen and oxygen atoms in total. The van der Waals surface area contributed by atoms with Crippen LogP contribution in [0.3, 0.4) is 0 Å². The Balaban J connectivity index is 0.00000480. The number of hydrogen-bond acceptors (Lipinski definition) is 5. The first-order valence-electron chi connectivity index (χ1n) is 10.7. The van der Waals surface area contributed by atoms with E-state index < -0.39 is 0 Å². The van der Waals surface area contributed by atoms with Crippen molar-refractivity contribution in [2.75, 3.05) is 44.8 Å². The van der Waals surface area contributed by atoms with E-state index in [-0.39, 0.29) is 42.0 Å². The van der Waals surface area contributed by atoms with Crippen LogP contribution in [0.15, 0.2) is 23.2 Å². The van der Waals surface area contributed by atoms with Crippen molar-refractivity contribution in [2.45, 2.75) is 52.5 Å². The van der Waals surface area contributed by atoms with Gasteiger partial charge in [0.25, 0.3) is 0 Å². The first-order valence-corrected chi connectivity index (χ1v) is 10.7. The van der Waals surface area contributed by atoms with Crippen molar-refractivity contribution in [3.05, 3.63) is 18.2 Å². The van der Waals surface area contributed by atoms with E-state index in [4.69, 9.17) is 14.2 Å². The number of unbranched alkanes of at least 4 members (excludes halogenated alkanes) is 1. The number of nitrogens with one attached hydrogen (secondary N) is 3. The number of halogens is 1. The number of fused-ring (bicyclic) bond motifs is 1. The highest BCUT2D eigenvalue weighted by Gasteiger charge is 2.14. The molecule has 0 atom stereocenters. The van der Waals surface area contributed by atoms with Gasteiger partial charge in [-0.25, -0.2) is 4.99 Å². The Morgan fingerprint density at radius 3 is 2.61 bits per heavy atom. The highest BCUT2D eigenvalue weighted by Crippen LogP contribution is 2.32. The van der Waals surface area contributed by atoms with Crippen molar-refractivity contribution in [2.24, 2.45) is 4.99 Å². The summed E-state index contributed by atoms with van der Waals surface area (Å²) in [6, 6.07) is 5.69. The molecule has 1 aromatic carbocycles. The van der Waals surface area contributed by atoms with Gasteiger partial charge in [-0.1, -0.05) is 0 Å². The first-order chi connectivity index (χ1) is 14.4. The van der Waals surface area contributed by atoms with Crippen LogP contribution < -0.4 is 25.4 Å². The molecule has 0 unspecified atom stereocenters. The maximum Gasteiger partial charge on any atom is 0.242 e. The van der Waals surface area contributed by atoms with Gasteiger partial charge in [-0.15, -0.1) is 24.0 Å². The van der Waals surface area contributed by atoms with Gasteiger partial charge in [0.1, 0.15) is 6.54 Å². The molecule has 1 aromatic rings. The molecule has 1 heterocycles. The third-order valence-corrected chi connectivity index (χ3v) is 4.12. The number of amides is 1. The predicted molar refractivity (Wildman–Crippen MR) is 135 cm³/mol. The fraction of sp³-hybridized carbons (Fsp3) is 0.636. The quantitative estimate of drug-likeness (QED) is 0.189. The minimum Gasteiger partial charge on any atom is -0.490 e. The number of ether oxygens (including phenoxy) is 3. The summed E-state index contributed by atoms with van der Waals surface area (Å²) < 4.78 is 16.8. The van der Waals surface area contributed by atoms with E-state index in [1.807, 2.05) is 45.9 Å². The first kappa shape index (κ1) is 27.3. The molecule has 0 saturated carbocycles. The molecule has 1 aliphatic heterocycles. The normalized spacial score (nSPS) is 13.6. The Morgan fingerprint density at radius 2 is 1.90 bits per heavy atom. The Kier molecular flexibility index (Phi) is 12.6. The van der Waals surface area contributed by atoms with Gasteiger partial charge < -0.3 is 30.2 Å². The molecule has 0 aliphatic carbocycles. The zero-order valence-corrected chi connectivity index (χ0v) is 21.4. The molecule has 9 heteroatoms. The van der Waals surface area contributed by atoms with E-state index in [2.05, 4.69) is 20.9 Å². The lowest BCUT2D eigenvalue weighted by Gasteiger charge is -2.20. The molecular weight excluding hydrogens is 511 g/mol. The molecule has 0 fully saturated rings. The van der Waals surface area contributed by atoms with Crippen molar-refractivity contribution in [1.29, 1.82) is 0 Å². The minimum absolute atomic E-state index is 0. The molecule has 0 radical (unpaired) electrons. The molecule has 1 aliphatic rings. The SMILES string of the molecule is CCOCCCCNC(=NCC(=O)NC(C)(C)C)Nc1ccc2c(c1)OCCCO2.I. The maximum atomic E-state index is 12.2. The Hall–Kier alpha value is -1.75. The Bertz CT molecular complexity index is 707. The van der Waals surface area contributed by atoms with Crippen LogP contribution in [0.2, 0.25) is 0 Å². The van der Waals surface area contributed by atoms with Gasteiger partial charge in [0, 0.05) is 43.5 Å². The number of hydrogen-bond donors (Lipinski definition) is 3. The van der Waals surface area contributed by atoms with Crippen LogP contribution >= 0.6 is 24.0 Å². The summed E-state index contributed by atoms with van der Waals surface area (Å²) in [6.45, 7) is 11.3. The van der Waals surface area contributed by atoms with Crippen LogP contribution in [-0.2, 0) is 9.53 Å². The highest BCUT2D eigenvalue weighted by atomic mass is 127. The van der Waals surface area contributed by atoms with Crippen molar-refractivity contribution in [3.8, 4) is 11.5 Å². The number of carbonyl (C=O) groups excluding carboxylic acids is 1. The predicted octanol–water partition coefficient (Wildman–Crippen LogP) is 3.55. The number of aliphatic imine (C=N–C) groups is 1. The molecule has 31 heavy (non-hydrogen) atoms. The Labute approximate surface area is 202 Å². The number of benzene rings is 1. The van der Waals surface area contributed by atoms with Gasteiger partial charge in [-0.05, 0) is 52.7 Å². The van der Waals surface area contributed by atoms with Gasteiger partial charge in [-0.2, -0.15) is 0 Å². The van der Waals surface area contributed by atoms with Gasteiger partial charge in [0.15, 0.2) is 17.5 Å². The van der Waals surface area contributed by atoms with Crippen molar-refractivity contribution < 1.29 is 19.0 Å². The summed E-state index contributed by atoms with van der Waals surface area (Å²) in [5.41, 5.74) is 0.525. The summed E-state index contributed by atoms with van der Waals surface area (Å²) in [6.07, 6.45) is 2.76. The van der Waals surface area contributed by atoms with Gasteiger partial charge in [0.2, 0.25) is 5.91 Å². The average molecular weight is 548 g/mol. The zero-order chi connectivity index (χ0) is 21.8. The van der Waals surface area contributed by atoms with E-state index in [0.717, 1.165) is 50.5 Å². The highest BCUT2D eigenvalue weighted by molar-refractivity contribution is 14.0. The summed E-state index contributed by atoms with van der Waals surface area (Å²) in [5.74, 6) is 1.87. The fourth-order valence-electron chi connectivity index (χ4n) is 2.81. The largest absolute Gasteiger partial charge is 0.490 e. The second kappa shape index (κ2) is 14.3. The maximum absolute atomic E-state index is 12.2. The average Bonchev–Trinajstić information content (AvgIpc) is 2.92. The van der Waals surface area contributed by atoms with Crippen LogP contribution in [0.1, 0.15) is 47.0 Å². The monoisotopic (exact) mass is 548 g/mol. The number of nitrogens with zero attached hydrogens (tertiary/aromatic N) is 1. The molecule has 176 valence electrons. The molecule has 2 rings (SSSR count). The van der Waals surface area contributed by atoms with Gasteiger partial charge in [0.05, 0.1) is 13.2 Å². The second-order valence-electron chi connectivity index (χ2n) is 8.13. The van der Waals surface area contributed by atoms with E-state index >= 15 is 0 Å². The van der Waals surface area contributed by atoms with E-state index in [1.54, 1.807) is 0 Å². The van der Waals surface area contributed by atoms with E-state index in [1.165, 1.54) is 0 Å². The summed E-state index contributed by atoms with van der Waals surface area (Å²) >= 11 is 0. The molecule has 0 saturated heterocycles. The lowest BCUT2D eigenvalue weighted by Crippen LogP contribution is -2.42. The number of rotatable bonds is 9. The minimum atomic E-state index is -0.290. The van der Waals surface area contributed by atoms with Crippen molar-refractivity contribution >= 4 is 41.5 Å². The standard InChI is InChI=1S/C22H36N4O4.HI/c1-5-28-12-7-6-11-23-21(24-16-20(27)26-22(2,3)4)25-17-9-10-18-19(15-17)30-14-8-13-29-18;/h9-10,15H,5-8,11-14,16H2,1-4H3,(H,26,27)(H2,23,24,25);1H. The molecule has 1 amide bonds. The van der Waals surface area contributed by atoms with Crippen molar-refractivity contribution in [3.63, 3.8) is 0 Å². The van der Waals surface area contributed by atoms with Crippen molar-refractivity contribution in [1.82, 2.24) is 10.6 Å². The number of carbonyl (C=O) groups is 1. The number of anilines is 1. The van der Waals surface area contributed by atoms with Crippen LogP contribution in [0.25, 0.3) is 0 Å². The smallest absolute Gasteiger partial charge is 0.242 e. The lowest BCUT2D eigenvalue weighted by molar-refractivity contribution is -0.121. The summed E-state index contributed by atoms with van der Waals surface area (Å²) in [5, 5.41) is 9.47. The lowest BCUT2D eigenvalue weighted by atomic mass is 10.1. The van der Waals surface area contributed by atoms with Gasteiger partial charge in [-0.3, -0.25) is 4.79 Å². The van der Waals surface area contributed by atoms with Crippen LogP contribution in [0, 0.1) is 0 Å². The van der Waals surface area contributed by atoms with E-state index in [0.29, 0.717) is 24.9 Å². The zero-order valence-electron chi connectivity index (χ0n) is 19.1. The third-order valence-electron chi connectivity index (χ3n) is 4.12. The van der Waals surface area contributed by atoms with E-state index in [9.17, 15) is 4.79 Å². The summed E-state index contributed by atoms with van der Waals surface area (Å²) in [7, 11) is 0. The Morgan fingerprint density at radius 1 is 1.16 bits per heavy atom. The number of guanidine groups is 1. The fourth-order valence-corrected chi connectivity index (χ4v) is 2.81. The van der Waals surface area contributed by atoms with Crippen LogP contribution in [0.5, 0.6) is 11.5 Å². The summed E-state index contributed by atoms with van der Waals surface area (Å²) in [4.78, 5) is 16.6. The van der Waals surface area contributed by atoms with Crippen LogP contribution in [0.4, 0.5) is 5.69 Å². The molecule has 0 bridgehead atoms. The topological polar surface area (TPSA) is 93.2 Å². The van der Waals surface area contributed by atoms with Gasteiger partial charge >= 0.3 is 0 Å². The molecular formula is C22H37IN4O4. The van der Waals surface area contributed by atoms with Crippen LogP contribution in [-0.4, -0.2) is 56.9 Å². The molecule has 0 spiro atoms. The second-order valence-corrected chi connectivity index (χ2v) is 8.13. The third kappa shape index (κ3) is 11.4. The molecule has 0 aromatic heterocycles. The molecule has 3 N–H and O–H groups in total.